The van der Waals surface area contributed by atoms with E-state index in [1.165, 1.54) is 18.4 Å². The highest BCUT2D eigenvalue weighted by atomic mass is 16.1. The first-order valence-electron chi connectivity index (χ1n) is 7.78. The molecule has 0 aromatic heterocycles. The number of carbonyl (C=O) groups excluding carboxylic acids is 1. The molecule has 2 heterocycles. The van der Waals surface area contributed by atoms with E-state index in [9.17, 15) is 4.79 Å². The highest BCUT2D eigenvalue weighted by Gasteiger charge is 2.21. The summed E-state index contributed by atoms with van der Waals surface area (Å²) in [6.07, 6.45) is 3.81. The van der Waals surface area contributed by atoms with E-state index in [4.69, 9.17) is 0 Å². The molecule has 2 aliphatic rings. The Morgan fingerprint density at radius 2 is 1.81 bits per heavy atom. The van der Waals surface area contributed by atoms with E-state index in [0.717, 1.165) is 30.9 Å². The summed E-state index contributed by atoms with van der Waals surface area (Å²) >= 11 is 0. The molecule has 0 saturated carbocycles. The molecule has 4 nitrogen and oxygen atoms in total. The van der Waals surface area contributed by atoms with Crippen molar-refractivity contribution in [3.63, 3.8) is 0 Å². The number of benzene rings is 1. The highest BCUT2D eigenvalue weighted by molar-refractivity contribution is 5.79. The first kappa shape index (κ1) is 14.1. The third kappa shape index (κ3) is 3.45. The molecule has 2 fully saturated rings. The predicted octanol–water partition coefficient (Wildman–Crippen LogP) is 2.36. The molecule has 3 N–H and O–H groups in total. The van der Waals surface area contributed by atoms with Gasteiger partial charge in [-0.2, -0.15) is 0 Å². The summed E-state index contributed by atoms with van der Waals surface area (Å²) in [5, 5.41) is 9.67. The average molecular weight is 285 g/mol. The fraction of sp³-hybridized carbons (Fsp3) is 0.471. The molecule has 4 heteroatoms. The number of hydrogen-bond acceptors (Lipinski definition) is 3. The standard InChI is InChI=1S/C17H23N3O/c1-12-16(6-7-17(21)19-12)20-15-4-2-13(3-5-15)14-8-10-18-11-9-14/h2-5,14,16,18,20H,1,6-11H2,(H,19,21). The van der Waals surface area contributed by atoms with Gasteiger partial charge in [-0.25, -0.2) is 0 Å². The van der Waals surface area contributed by atoms with Gasteiger partial charge in [-0.05, 0) is 56.0 Å². The third-order valence-electron chi connectivity index (χ3n) is 4.44. The van der Waals surface area contributed by atoms with Crippen molar-refractivity contribution in [3.05, 3.63) is 42.1 Å². The minimum Gasteiger partial charge on any atom is -0.377 e. The predicted molar refractivity (Wildman–Crippen MR) is 85.2 cm³/mol. The van der Waals surface area contributed by atoms with E-state index in [-0.39, 0.29) is 11.9 Å². The van der Waals surface area contributed by atoms with Crippen molar-refractivity contribution in [1.82, 2.24) is 10.6 Å². The summed E-state index contributed by atoms with van der Waals surface area (Å²) in [5.41, 5.74) is 3.29. The molecule has 1 unspecified atom stereocenters. The Morgan fingerprint density at radius 3 is 2.48 bits per heavy atom. The van der Waals surface area contributed by atoms with Crippen LogP contribution in [0.25, 0.3) is 0 Å². The zero-order valence-electron chi connectivity index (χ0n) is 12.3. The number of amides is 1. The lowest BCUT2D eigenvalue weighted by Gasteiger charge is -2.27. The molecule has 2 aliphatic heterocycles. The van der Waals surface area contributed by atoms with Crippen molar-refractivity contribution in [2.75, 3.05) is 18.4 Å². The molecular weight excluding hydrogens is 262 g/mol. The second kappa shape index (κ2) is 6.31. The lowest BCUT2D eigenvalue weighted by Crippen LogP contribution is -2.39. The largest absolute Gasteiger partial charge is 0.377 e. The molecule has 1 aromatic rings. The third-order valence-corrected chi connectivity index (χ3v) is 4.44. The van der Waals surface area contributed by atoms with Gasteiger partial charge in [-0.1, -0.05) is 18.7 Å². The number of nitrogens with one attached hydrogen (secondary N) is 3. The van der Waals surface area contributed by atoms with Crippen LogP contribution < -0.4 is 16.0 Å². The zero-order chi connectivity index (χ0) is 14.7. The SMILES string of the molecule is C=C1NC(=O)CCC1Nc1ccc(C2CCNCC2)cc1. The van der Waals surface area contributed by atoms with Crippen molar-refractivity contribution in [2.45, 2.75) is 37.6 Å². The van der Waals surface area contributed by atoms with E-state index in [2.05, 4.69) is 46.8 Å². The summed E-state index contributed by atoms with van der Waals surface area (Å²) in [6.45, 7) is 6.17. The van der Waals surface area contributed by atoms with Gasteiger partial charge in [0.25, 0.3) is 0 Å². The van der Waals surface area contributed by atoms with Crippen LogP contribution in [0, 0.1) is 0 Å². The Morgan fingerprint density at radius 1 is 1.10 bits per heavy atom. The summed E-state index contributed by atoms with van der Waals surface area (Å²) in [7, 11) is 0. The van der Waals surface area contributed by atoms with Crippen molar-refractivity contribution in [1.29, 1.82) is 0 Å². The molecule has 0 radical (unpaired) electrons. The first-order chi connectivity index (χ1) is 10.2. The van der Waals surface area contributed by atoms with Crippen LogP contribution in [0.15, 0.2) is 36.5 Å². The lowest BCUT2D eigenvalue weighted by molar-refractivity contribution is -0.121. The maximum atomic E-state index is 11.3. The van der Waals surface area contributed by atoms with Crippen LogP contribution in [-0.4, -0.2) is 25.0 Å². The number of rotatable bonds is 3. The fourth-order valence-corrected chi connectivity index (χ4v) is 3.15. The highest BCUT2D eigenvalue weighted by Crippen LogP contribution is 2.27. The number of hydrogen-bond donors (Lipinski definition) is 3. The maximum absolute atomic E-state index is 11.3. The van der Waals surface area contributed by atoms with Crippen LogP contribution in [0.1, 0.15) is 37.2 Å². The Bertz CT molecular complexity index is 517. The first-order valence-corrected chi connectivity index (χ1v) is 7.78. The molecule has 21 heavy (non-hydrogen) atoms. The number of anilines is 1. The minimum atomic E-state index is 0.0688. The van der Waals surface area contributed by atoms with Crippen molar-refractivity contribution in [2.24, 2.45) is 0 Å². The molecule has 112 valence electrons. The molecule has 1 amide bonds. The van der Waals surface area contributed by atoms with Crippen LogP contribution in [-0.2, 0) is 4.79 Å². The van der Waals surface area contributed by atoms with E-state index in [0.29, 0.717) is 12.3 Å². The van der Waals surface area contributed by atoms with Crippen LogP contribution in [0.2, 0.25) is 0 Å². The zero-order valence-corrected chi connectivity index (χ0v) is 12.3. The van der Waals surface area contributed by atoms with Gasteiger partial charge in [-0.3, -0.25) is 4.79 Å². The van der Waals surface area contributed by atoms with Crippen LogP contribution in [0.3, 0.4) is 0 Å². The fourth-order valence-electron chi connectivity index (χ4n) is 3.15. The summed E-state index contributed by atoms with van der Waals surface area (Å²) in [6, 6.07) is 8.86. The summed E-state index contributed by atoms with van der Waals surface area (Å²) in [4.78, 5) is 11.3. The smallest absolute Gasteiger partial charge is 0.224 e. The molecule has 0 aliphatic carbocycles. The van der Waals surface area contributed by atoms with Crippen molar-refractivity contribution >= 4 is 11.6 Å². The number of piperidine rings is 2. The Labute approximate surface area is 126 Å². The molecule has 2 saturated heterocycles. The van der Waals surface area contributed by atoms with Gasteiger partial charge in [0.15, 0.2) is 0 Å². The summed E-state index contributed by atoms with van der Waals surface area (Å²) < 4.78 is 0. The Balaban J connectivity index is 1.61. The van der Waals surface area contributed by atoms with Gasteiger partial charge in [0.05, 0.1) is 6.04 Å². The molecule has 0 bridgehead atoms. The van der Waals surface area contributed by atoms with E-state index >= 15 is 0 Å². The Kier molecular flexibility index (Phi) is 4.25. The monoisotopic (exact) mass is 285 g/mol. The Hall–Kier alpha value is -1.81. The van der Waals surface area contributed by atoms with Crippen molar-refractivity contribution in [3.8, 4) is 0 Å². The normalized spacial score (nSPS) is 23.7. The topological polar surface area (TPSA) is 53.2 Å². The minimum absolute atomic E-state index is 0.0688. The van der Waals surface area contributed by atoms with Gasteiger partial charge < -0.3 is 16.0 Å². The molecule has 1 atom stereocenters. The second-order valence-electron chi connectivity index (χ2n) is 5.96. The van der Waals surface area contributed by atoms with Crippen LogP contribution in [0.4, 0.5) is 5.69 Å². The van der Waals surface area contributed by atoms with E-state index in [1.807, 2.05) is 0 Å². The van der Waals surface area contributed by atoms with Gasteiger partial charge in [0.2, 0.25) is 5.91 Å². The van der Waals surface area contributed by atoms with Crippen molar-refractivity contribution < 1.29 is 4.79 Å². The van der Waals surface area contributed by atoms with E-state index < -0.39 is 0 Å². The van der Waals surface area contributed by atoms with Gasteiger partial charge in [-0.15, -0.1) is 0 Å². The van der Waals surface area contributed by atoms with Gasteiger partial charge in [0.1, 0.15) is 0 Å². The molecule has 1 aromatic carbocycles. The lowest BCUT2D eigenvalue weighted by atomic mass is 9.90. The summed E-state index contributed by atoms with van der Waals surface area (Å²) in [5.74, 6) is 0.753. The molecule has 0 spiro atoms. The molecule has 3 rings (SSSR count). The maximum Gasteiger partial charge on any atom is 0.224 e. The molecular formula is C17H23N3O. The van der Waals surface area contributed by atoms with Crippen LogP contribution >= 0.6 is 0 Å². The van der Waals surface area contributed by atoms with Crippen LogP contribution in [0.5, 0.6) is 0 Å². The van der Waals surface area contributed by atoms with E-state index in [1.54, 1.807) is 0 Å². The number of carbonyl (C=O) groups is 1. The average Bonchev–Trinajstić information content (AvgIpc) is 2.52. The second-order valence-corrected chi connectivity index (χ2v) is 5.96. The quantitative estimate of drug-likeness (QED) is 0.799. The van der Waals surface area contributed by atoms with Gasteiger partial charge >= 0.3 is 0 Å². The van der Waals surface area contributed by atoms with Gasteiger partial charge in [0, 0.05) is 17.8 Å².